The van der Waals surface area contributed by atoms with Gasteiger partial charge in [-0.2, -0.15) is 0 Å². The van der Waals surface area contributed by atoms with Gasteiger partial charge in [0.05, 0.1) is 6.10 Å². The number of rotatable bonds is 1. The van der Waals surface area contributed by atoms with Crippen LogP contribution in [0, 0.1) is 5.92 Å². The predicted molar refractivity (Wildman–Crippen MR) is 66.8 cm³/mol. The Morgan fingerprint density at radius 1 is 1.41 bits per heavy atom. The van der Waals surface area contributed by atoms with E-state index in [2.05, 4.69) is 20.0 Å². The van der Waals surface area contributed by atoms with Crippen molar-refractivity contribution in [3.05, 3.63) is 12.2 Å². The minimum absolute atomic E-state index is 0.184. The molecule has 0 aromatic carbocycles. The Bertz CT molecular complexity index is 521. The van der Waals surface area contributed by atoms with Crippen LogP contribution in [0.1, 0.15) is 6.42 Å². The standard InChI is InChI=1S/C10H10ClN5O/c11-8-7-9(14-4-13-7)16-10(12,15-8)5-1-2-6(17)3-5/h1-2,4-6,17H,3,12H2/t5-,6+,10?/m0/s1. The summed E-state index contributed by atoms with van der Waals surface area (Å²) in [7, 11) is 0. The Labute approximate surface area is 102 Å². The fourth-order valence-corrected chi connectivity index (χ4v) is 2.32. The third-order valence-corrected chi connectivity index (χ3v) is 3.21. The van der Waals surface area contributed by atoms with Crippen LogP contribution in [-0.2, 0) is 0 Å². The molecule has 1 unspecified atom stereocenters. The van der Waals surface area contributed by atoms with E-state index >= 15 is 0 Å². The molecule has 3 aliphatic rings. The molecule has 3 rings (SSSR count). The number of halogens is 1. The summed E-state index contributed by atoms with van der Waals surface area (Å²) in [5, 5.41) is 9.69. The fourth-order valence-electron chi connectivity index (χ4n) is 2.05. The number of fused-ring (bicyclic) bond motifs is 1. The van der Waals surface area contributed by atoms with Crippen molar-refractivity contribution < 1.29 is 5.11 Å². The fraction of sp³-hybridized carbons (Fsp3) is 0.400. The van der Waals surface area contributed by atoms with Gasteiger partial charge in [0.1, 0.15) is 12.1 Å². The van der Waals surface area contributed by atoms with Gasteiger partial charge in [-0.25, -0.2) is 20.0 Å². The molecule has 3 N–H and O–H groups in total. The molecule has 7 heteroatoms. The van der Waals surface area contributed by atoms with Gasteiger partial charge in [0.2, 0.25) is 5.79 Å². The maximum Gasteiger partial charge on any atom is 0.212 e. The minimum Gasteiger partial charge on any atom is -0.389 e. The third kappa shape index (κ3) is 1.65. The van der Waals surface area contributed by atoms with Crippen LogP contribution < -0.4 is 5.73 Å². The largest absolute Gasteiger partial charge is 0.389 e. The SMILES string of the molecule is NC1([C@H]2C=C[C@@H](O)C2)N=C(Cl)C2=NC=NC2=N1. The van der Waals surface area contributed by atoms with Crippen molar-refractivity contribution in [3.63, 3.8) is 0 Å². The number of nitrogens with zero attached hydrogens (tertiary/aromatic N) is 4. The summed E-state index contributed by atoms with van der Waals surface area (Å²) in [6.45, 7) is 0. The molecule has 0 saturated carbocycles. The van der Waals surface area contributed by atoms with Crippen LogP contribution in [0.2, 0.25) is 0 Å². The lowest BCUT2D eigenvalue weighted by Gasteiger charge is -2.29. The first-order valence-electron chi connectivity index (χ1n) is 5.20. The van der Waals surface area contributed by atoms with Crippen molar-refractivity contribution >= 4 is 34.7 Å². The Hall–Kier alpha value is -1.37. The molecule has 88 valence electrons. The Kier molecular flexibility index (Phi) is 2.25. The zero-order chi connectivity index (χ0) is 12.0. The van der Waals surface area contributed by atoms with Crippen molar-refractivity contribution in [2.75, 3.05) is 0 Å². The van der Waals surface area contributed by atoms with Gasteiger partial charge in [-0.15, -0.1) is 0 Å². The summed E-state index contributed by atoms with van der Waals surface area (Å²) in [6.07, 6.45) is 4.85. The number of aliphatic hydroxyl groups is 1. The highest BCUT2D eigenvalue weighted by atomic mass is 35.5. The normalized spacial score (nSPS) is 38.9. The number of hydrogen-bond acceptors (Lipinski definition) is 6. The van der Waals surface area contributed by atoms with Gasteiger partial charge >= 0.3 is 0 Å². The molecule has 2 heterocycles. The monoisotopic (exact) mass is 251 g/mol. The van der Waals surface area contributed by atoms with Crippen molar-refractivity contribution in [3.8, 4) is 0 Å². The molecule has 3 atom stereocenters. The lowest BCUT2D eigenvalue weighted by atomic mass is 9.99. The Morgan fingerprint density at radius 2 is 2.24 bits per heavy atom. The molecular formula is C10H10ClN5O. The van der Waals surface area contributed by atoms with E-state index in [1.807, 2.05) is 6.08 Å². The van der Waals surface area contributed by atoms with Crippen LogP contribution in [-0.4, -0.2) is 40.1 Å². The molecule has 1 aliphatic carbocycles. The smallest absolute Gasteiger partial charge is 0.212 e. The zero-order valence-electron chi connectivity index (χ0n) is 8.79. The molecule has 0 aromatic rings. The predicted octanol–water partition coefficient (Wildman–Crippen LogP) is 0.0682. The van der Waals surface area contributed by atoms with Gasteiger partial charge < -0.3 is 5.11 Å². The van der Waals surface area contributed by atoms with E-state index in [4.69, 9.17) is 17.3 Å². The van der Waals surface area contributed by atoms with E-state index in [0.29, 0.717) is 18.0 Å². The summed E-state index contributed by atoms with van der Waals surface area (Å²) in [6, 6.07) is 0. The van der Waals surface area contributed by atoms with Crippen molar-refractivity contribution in [2.24, 2.45) is 31.6 Å². The molecule has 0 radical (unpaired) electrons. The van der Waals surface area contributed by atoms with Crippen LogP contribution in [0.4, 0.5) is 0 Å². The van der Waals surface area contributed by atoms with Crippen molar-refractivity contribution in [1.82, 2.24) is 0 Å². The Morgan fingerprint density at radius 3 is 2.94 bits per heavy atom. The van der Waals surface area contributed by atoms with Gasteiger partial charge in [-0.3, -0.25) is 5.73 Å². The number of aliphatic hydroxyl groups excluding tert-OH is 1. The minimum atomic E-state index is -1.19. The van der Waals surface area contributed by atoms with Crippen molar-refractivity contribution in [1.29, 1.82) is 0 Å². The summed E-state index contributed by atoms with van der Waals surface area (Å²) in [4.78, 5) is 16.4. The molecule has 0 saturated heterocycles. The molecule has 2 aliphatic heterocycles. The van der Waals surface area contributed by atoms with Gasteiger partial charge in [0.25, 0.3) is 0 Å². The maximum atomic E-state index is 9.47. The van der Waals surface area contributed by atoms with Crippen LogP contribution in [0.3, 0.4) is 0 Å². The Balaban J connectivity index is 1.99. The second-order valence-corrected chi connectivity index (χ2v) is 4.50. The van der Waals surface area contributed by atoms with Crippen LogP contribution in [0.25, 0.3) is 0 Å². The second-order valence-electron chi connectivity index (χ2n) is 4.14. The summed E-state index contributed by atoms with van der Waals surface area (Å²) < 4.78 is 0. The van der Waals surface area contributed by atoms with E-state index in [-0.39, 0.29) is 11.1 Å². The van der Waals surface area contributed by atoms with Crippen molar-refractivity contribution in [2.45, 2.75) is 18.3 Å². The van der Waals surface area contributed by atoms with Gasteiger partial charge in [0, 0.05) is 5.92 Å². The number of hydrogen-bond donors (Lipinski definition) is 2. The lowest BCUT2D eigenvalue weighted by Crippen LogP contribution is -2.47. The van der Waals surface area contributed by atoms with Crippen LogP contribution >= 0.6 is 11.6 Å². The summed E-state index contributed by atoms with van der Waals surface area (Å²) in [5.74, 6) is -0.973. The topological polar surface area (TPSA) is 95.7 Å². The highest BCUT2D eigenvalue weighted by Gasteiger charge is 2.41. The van der Waals surface area contributed by atoms with Gasteiger partial charge in [-0.1, -0.05) is 23.8 Å². The third-order valence-electron chi connectivity index (χ3n) is 2.94. The molecule has 0 amide bonds. The first kappa shape index (κ1) is 10.8. The molecule has 0 spiro atoms. The highest BCUT2D eigenvalue weighted by Crippen LogP contribution is 2.32. The molecular weight excluding hydrogens is 242 g/mol. The summed E-state index contributed by atoms with van der Waals surface area (Å²) >= 11 is 6.01. The number of nitrogens with two attached hydrogens (primary N) is 1. The molecule has 6 nitrogen and oxygen atoms in total. The van der Waals surface area contributed by atoms with E-state index < -0.39 is 11.9 Å². The average molecular weight is 252 g/mol. The van der Waals surface area contributed by atoms with E-state index in [9.17, 15) is 5.11 Å². The number of aliphatic imine (C=N–C) groups is 4. The molecule has 0 fully saturated rings. The first-order valence-corrected chi connectivity index (χ1v) is 5.58. The highest BCUT2D eigenvalue weighted by molar-refractivity contribution is 6.94. The second kappa shape index (κ2) is 3.56. The van der Waals surface area contributed by atoms with Gasteiger partial charge in [0.15, 0.2) is 11.0 Å². The van der Waals surface area contributed by atoms with Crippen LogP contribution in [0.5, 0.6) is 0 Å². The molecule has 0 bridgehead atoms. The average Bonchev–Trinajstić information content (AvgIpc) is 2.86. The van der Waals surface area contributed by atoms with Crippen LogP contribution in [0.15, 0.2) is 32.1 Å². The molecule has 17 heavy (non-hydrogen) atoms. The maximum absolute atomic E-state index is 9.47. The van der Waals surface area contributed by atoms with E-state index in [1.54, 1.807) is 6.08 Å². The number of amidine groups is 1. The quantitative estimate of drug-likeness (QED) is 0.645. The lowest BCUT2D eigenvalue weighted by molar-refractivity contribution is 0.189. The molecule has 0 aromatic heterocycles. The van der Waals surface area contributed by atoms with E-state index in [1.165, 1.54) is 6.34 Å². The first-order chi connectivity index (χ1) is 8.08. The summed E-state index contributed by atoms with van der Waals surface area (Å²) in [5.41, 5.74) is 6.58. The van der Waals surface area contributed by atoms with E-state index in [0.717, 1.165) is 0 Å². The zero-order valence-corrected chi connectivity index (χ0v) is 9.54. The van der Waals surface area contributed by atoms with Gasteiger partial charge in [-0.05, 0) is 6.42 Å².